The van der Waals surface area contributed by atoms with Gasteiger partial charge in [-0.25, -0.2) is 0 Å². The molecule has 6 heteroatoms. The van der Waals surface area contributed by atoms with Gasteiger partial charge in [0.25, 0.3) is 5.91 Å². The molecule has 0 saturated carbocycles. The number of hydrogen-bond acceptors (Lipinski definition) is 3. The van der Waals surface area contributed by atoms with Crippen LogP contribution in [-0.2, 0) is 4.79 Å². The molecule has 0 radical (unpaired) electrons. The monoisotopic (exact) mass is 365 g/mol. The van der Waals surface area contributed by atoms with E-state index >= 15 is 0 Å². The number of carbonyl (C=O) groups excluding carboxylic acids is 2. The first kappa shape index (κ1) is 19.7. The standard InChI is InChI=1S/C19H27N3O2.ClH/c1-15-5-7-16(8-6-15)18(23)22-11-2-4-17(14-22)19(24)21-12-3-9-20-10-13-21;/h5-8,17,20H,2-4,9-14H2,1H3;1H. The topological polar surface area (TPSA) is 52.7 Å². The summed E-state index contributed by atoms with van der Waals surface area (Å²) in [6.07, 6.45) is 2.80. The molecular formula is C19H28ClN3O2. The average molecular weight is 366 g/mol. The van der Waals surface area contributed by atoms with Gasteiger partial charge in [-0.15, -0.1) is 12.4 Å². The quantitative estimate of drug-likeness (QED) is 0.873. The fourth-order valence-electron chi connectivity index (χ4n) is 3.57. The van der Waals surface area contributed by atoms with E-state index in [0.29, 0.717) is 12.1 Å². The second kappa shape index (κ2) is 9.20. The van der Waals surface area contributed by atoms with Crippen LogP contribution < -0.4 is 5.32 Å². The zero-order valence-electron chi connectivity index (χ0n) is 14.9. The summed E-state index contributed by atoms with van der Waals surface area (Å²) in [5.74, 6) is 0.219. The second-order valence-corrected chi connectivity index (χ2v) is 6.89. The van der Waals surface area contributed by atoms with Gasteiger partial charge in [0.05, 0.1) is 5.92 Å². The van der Waals surface area contributed by atoms with Crippen molar-refractivity contribution in [1.82, 2.24) is 15.1 Å². The minimum Gasteiger partial charge on any atom is -0.341 e. The third-order valence-electron chi connectivity index (χ3n) is 5.01. The number of piperidine rings is 1. The van der Waals surface area contributed by atoms with Gasteiger partial charge in [-0.2, -0.15) is 0 Å². The number of rotatable bonds is 2. The minimum atomic E-state index is -0.0498. The first-order chi connectivity index (χ1) is 11.6. The molecule has 1 atom stereocenters. The lowest BCUT2D eigenvalue weighted by molar-refractivity contribution is -0.136. The molecule has 5 nitrogen and oxygen atoms in total. The predicted octanol–water partition coefficient (Wildman–Crippen LogP) is 2.09. The third kappa shape index (κ3) is 4.95. The molecule has 2 heterocycles. The fraction of sp³-hybridized carbons (Fsp3) is 0.579. The Kier molecular flexibility index (Phi) is 7.26. The van der Waals surface area contributed by atoms with Crippen molar-refractivity contribution in [3.05, 3.63) is 35.4 Å². The summed E-state index contributed by atoms with van der Waals surface area (Å²) < 4.78 is 0. The van der Waals surface area contributed by atoms with Gasteiger partial charge >= 0.3 is 0 Å². The molecule has 1 N–H and O–H groups in total. The van der Waals surface area contributed by atoms with Crippen molar-refractivity contribution >= 4 is 24.2 Å². The van der Waals surface area contributed by atoms with Gasteiger partial charge in [0.2, 0.25) is 5.91 Å². The van der Waals surface area contributed by atoms with Crippen LogP contribution in [0.2, 0.25) is 0 Å². The molecule has 2 aliphatic rings. The number of halogens is 1. The lowest BCUT2D eigenvalue weighted by atomic mass is 9.95. The average Bonchev–Trinajstić information content (AvgIpc) is 2.90. The van der Waals surface area contributed by atoms with Crippen LogP contribution in [0.4, 0.5) is 0 Å². The summed E-state index contributed by atoms with van der Waals surface area (Å²) in [5.41, 5.74) is 1.86. The van der Waals surface area contributed by atoms with Crippen molar-refractivity contribution in [1.29, 1.82) is 0 Å². The normalized spacial score (nSPS) is 21.2. The van der Waals surface area contributed by atoms with E-state index in [9.17, 15) is 9.59 Å². The number of nitrogens with one attached hydrogen (secondary N) is 1. The highest BCUT2D eigenvalue weighted by atomic mass is 35.5. The molecule has 1 unspecified atom stereocenters. The number of carbonyl (C=O) groups is 2. The summed E-state index contributed by atoms with van der Waals surface area (Å²) in [6, 6.07) is 7.68. The zero-order chi connectivity index (χ0) is 16.9. The highest BCUT2D eigenvalue weighted by molar-refractivity contribution is 5.94. The Morgan fingerprint density at radius 1 is 1.00 bits per heavy atom. The molecule has 138 valence electrons. The summed E-state index contributed by atoms with van der Waals surface area (Å²) in [4.78, 5) is 29.3. The third-order valence-corrected chi connectivity index (χ3v) is 5.01. The number of nitrogens with zero attached hydrogens (tertiary/aromatic N) is 2. The van der Waals surface area contributed by atoms with E-state index in [1.807, 2.05) is 41.0 Å². The molecule has 2 aliphatic heterocycles. The number of likely N-dealkylation sites (tertiary alicyclic amines) is 1. The Labute approximate surface area is 156 Å². The Morgan fingerprint density at radius 2 is 1.72 bits per heavy atom. The van der Waals surface area contributed by atoms with Crippen LogP contribution in [0.1, 0.15) is 35.2 Å². The first-order valence-electron chi connectivity index (χ1n) is 9.00. The van der Waals surface area contributed by atoms with Crippen LogP contribution in [0, 0.1) is 12.8 Å². The number of aryl methyl sites for hydroxylation is 1. The molecule has 25 heavy (non-hydrogen) atoms. The van der Waals surface area contributed by atoms with E-state index in [-0.39, 0.29) is 30.1 Å². The van der Waals surface area contributed by atoms with Crippen molar-refractivity contribution in [3.63, 3.8) is 0 Å². The Bertz CT molecular complexity index is 583. The van der Waals surface area contributed by atoms with Gasteiger partial charge in [-0.05, 0) is 44.9 Å². The molecule has 0 aliphatic carbocycles. The largest absolute Gasteiger partial charge is 0.341 e. The van der Waals surface area contributed by atoms with E-state index in [4.69, 9.17) is 0 Å². The molecule has 3 rings (SSSR count). The Morgan fingerprint density at radius 3 is 2.48 bits per heavy atom. The maximum absolute atomic E-state index is 12.8. The molecule has 1 aromatic rings. The molecule has 1 aromatic carbocycles. The van der Waals surface area contributed by atoms with Crippen molar-refractivity contribution in [2.45, 2.75) is 26.2 Å². The predicted molar refractivity (Wildman–Crippen MR) is 101 cm³/mol. The molecule has 2 fully saturated rings. The molecule has 2 saturated heterocycles. The SMILES string of the molecule is Cc1ccc(C(=O)N2CCCC(C(=O)N3CCCNCC3)C2)cc1.Cl. The number of amides is 2. The van der Waals surface area contributed by atoms with Crippen molar-refractivity contribution in [2.75, 3.05) is 39.3 Å². The molecule has 0 aromatic heterocycles. The fourth-order valence-corrected chi connectivity index (χ4v) is 3.57. The smallest absolute Gasteiger partial charge is 0.253 e. The van der Waals surface area contributed by atoms with Crippen LogP contribution in [0.5, 0.6) is 0 Å². The van der Waals surface area contributed by atoms with Crippen molar-refractivity contribution < 1.29 is 9.59 Å². The molecule has 2 amide bonds. The van der Waals surface area contributed by atoms with Crippen molar-refractivity contribution in [2.24, 2.45) is 5.92 Å². The lowest BCUT2D eigenvalue weighted by Gasteiger charge is -2.34. The second-order valence-electron chi connectivity index (χ2n) is 6.89. The first-order valence-corrected chi connectivity index (χ1v) is 9.00. The van der Waals surface area contributed by atoms with E-state index in [2.05, 4.69) is 5.32 Å². The van der Waals surface area contributed by atoms with Gasteiger partial charge in [-0.3, -0.25) is 9.59 Å². The summed E-state index contributed by atoms with van der Waals surface area (Å²) in [6.45, 7) is 6.76. The maximum Gasteiger partial charge on any atom is 0.253 e. The van der Waals surface area contributed by atoms with Crippen LogP contribution in [0.25, 0.3) is 0 Å². The van der Waals surface area contributed by atoms with Crippen LogP contribution >= 0.6 is 12.4 Å². The van der Waals surface area contributed by atoms with E-state index in [0.717, 1.165) is 57.5 Å². The molecule has 0 bridgehead atoms. The van der Waals surface area contributed by atoms with Gasteiger partial charge in [0.1, 0.15) is 0 Å². The Hall–Kier alpha value is -1.59. The highest BCUT2D eigenvalue weighted by Crippen LogP contribution is 2.21. The summed E-state index contributed by atoms with van der Waals surface area (Å²) in [5, 5.41) is 3.33. The number of benzene rings is 1. The van der Waals surface area contributed by atoms with Crippen molar-refractivity contribution in [3.8, 4) is 0 Å². The van der Waals surface area contributed by atoms with E-state index in [1.165, 1.54) is 0 Å². The zero-order valence-corrected chi connectivity index (χ0v) is 15.7. The molecule has 0 spiro atoms. The number of hydrogen-bond donors (Lipinski definition) is 1. The van der Waals surface area contributed by atoms with Gasteiger partial charge in [0.15, 0.2) is 0 Å². The Balaban J connectivity index is 0.00000225. The van der Waals surface area contributed by atoms with Gasteiger partial charge < -0.3 is 15.1 Å². The summed E-state index contributed by atoms with van der Waals surface area (Å²) >= 11 is 0. The van der Waals surface area contributed by atoms with E-state index in [1.54, 1.807) is 0 Å². The van der Waals surface area contributed by atoms with Crippen LogP contribution in [0.15, 0.2) is 24.3 Å². The van der Waals surface area contributed by atoms with Crippen LogP contribution in [0.3, 0.4) is 0 Å². The summed E-state index contributed by atoms with van der Waals surface area (Å²) in [7, 11) is 0. The van der Waals surface area contributed by atoms with Gasteiger partial charge in [0, 0.05) is 38.3 Å². The highest BCUT2D eigenvalue weighted by Gasteiger charge is 2.31. The van der Waals surface area contributed by atoms with Gasteiger partial charge in [-0.1, -0.05) is 17.7 Å². The lowest BCUT2D eigenvalue weighted by Crippen LogP contribution is -2.47. The van der Waals surface area contributed by atoms with Crippen LogP contribution in [-0.4, -0.2) is 60.9 Å². The van der Waals surface area contributed by atoms with E-state index < -0.39 is 0 Å². The maximum atomic E-state index is 12.8. The minimum absolute atomic E-state index is 0. The molecular weight excluding hydrogens is 338 g/mol.